The van der Waals surface area contributed by atoms with Crippen LogP contribution in [-0.4, -0.2) is 19.9 Å². The minimum atomic E-state index is 0.761. The molecule has 0 saturated heterocycles. The van der Waals surface area contributed by atoms with Crippen molar-refractivity contribution < 1.29 is 4.79 Å². The predicted octanol–water partition coefficient (Wildman–Crippen LogP) is -0.0391. The Labute approximate surface area is 43.2 Å². The number of carbonyl (C=O) groups excluding carboxylic acids is 1. The zero-order valence-corrected chi connectivity index (χ0v) is 4.35. The fourth-order valence-electron chi connectivity index (χ4n) is 0.241. The van der Waals surface area contributed by atoms with Crippen LogP contribution in [0.4, 0.5) is 0 Å². The zero-order chi connectivity index (χ0) is 5.54. The van der Waals surface area contributed by atoms with E-state index >= 15 is 0 Å². The summed E-state index contributed by atoms with van der Waals surface area (Å²) in [6, 6.07) is 0. The lowest BCUT2D eigenvalue weighted by molar-refractivity contribution is -0.104. The molecule has 7 heavy (non-hydrogen) atoms. The van der Waals surface area contributed by atoms with Crippen molar-refractivity contribution in [1.29, 1.82) is 0 Å². The quantitative estimate of drug-likeness (QED) is 0.397. The van der Waals surface area contributed by atoms with Gasteiger partial charge in [0.2, 0.25) is 0 Å². The monoisotopic (exact) mass is 99.1 g/mol. The van der Waals surface area contributed by atoms with E-state index in [1.54, 1.807) is 6.08 Å². The Balaban J connectivity index is 2.92. The van der Waals surface area contributed by atoms with Gasteiger partial charge in [0.05, 0.1) is 0 Å². The van der Waals surface area contributed by atoms with Gasteiger partial charge in [0.1, 0.15) is 6.29 Å². The molecule has 0 spiro atoms. The molecular weight excluding hydrogens is 90.1 g/mol. The standard InChI is InChI=1S/C5H9NO/c1-6-4-2-3-5-7/h2-3,5-6H,4H2,1H3/b3-2+. The van der Waals surface area contributed by atoms with E-state index in [0.717, 1.165) is 12.8 Å². The van der Waals surface area contributed by atoms with Crippen LogP contribution in [0.2, 0.25) is 0 Å². The Bertz CT molecular complexity index is 68.5. The van der Waals surface area contributed by atoms with Crippen LogP contribution in [0.3, 0.4) is 0 Å². The van der Waals surface area contributed by atoms with E-state index < -0.39 is 0 Å². The molecule has 0 unspecified atom stereocenters. The average Bonchev–Trinajstić information content (AvgIpc) is 1.69. The molecule has 0 aliphatic heterocycles. The van der Waals surface area contributed by atoms with E-state index in [2.05, 4.69) is 5.32 Å². The summed E-state index contributed by atoms with van der Waals surface area (Å²) in [5, 5.41) is 2.86. The van der Waals surface area contributed by atoms with Crippen LogP contribution in [0.25, 0.3) is 0 Å². The number of carbonyl (C=O) groups is 1. The summed E-state index contributed by atoms with van der Waals surface area (Å²) in [5.74, 6) is 0. The molecular formula is C5H9NO. The highest BCUT2D eigenvalue weighted by molar-refractivity contribution is 5.64. The Hall–Kier alpha value is -0.630. The van der Waals surface area contributed by atoms with Crippen LogP contribution in [0.15, 0.2) is 12.2 Å². The van der Waals surface area contributed by atoms with Crippen LogP contribution in [0.5, 0.6) is 0 Å². The number of aldehydes is 1. The van der Waals surface area contributed by atoms with Gasteiger partial charge in [-0.05, 0) is 13.1 Å². The second-order valence-corrected chi connectivity index (χ2v) is 1.12. The maximum Gasteiger partial charge on any atom is 0.142 e. The third-order valence-electron chi connectivity index (χ3n) is 0.537. The Morgan fingerprint density at radius 3 is 2.86 bits per heavy atom. The fraction of sp³-hybridized carbons (Fsp3) is 0.400. The number of allylic oxidation sites excluding steroid dienone is 1. The van der Waals surface area contributed by atoms with Gasteiger partial charge in [-0.2, -0.15) is 0 Å². The van der Waals surface area contributed by atoms with E-state index in [0.29, 0.717) is 0 Å². The van der Waals surface area contributed by atoms with Gasteiger partial charge >= 0.3 is 0 Å². The Morgan fingerprint density at radius 2 is 2.43 bits per heavy atom. The van der Waals surface area contributed by atoms with Crippen molar-refractivity contribution in [2.24, 2.45) is 0 Å². The first-order chi connectivity index (χ1) is 3.41. The first-order valence-corrected chi connectivity index (χ1v) is 2.16. The molecule has 0 aromatic heterocycles. The Morgan fingerprint density at radius 1 is 1.71 bits per heavy atom. The minimum Gasteiger partial charge on any atom is -0.316 e. The summed E-state index contributed by atoms with van der Waals surface area (Å²) >= 11 is 0. The second kappa shape index (κ2) is 5.37. The van der Waals surface area contributed by atoms with E-state index in [-0.39, 0.29) is 0 Å². The molecule has 1 N–H and O–H groups in total. The molecule has 0 aliphatic rings. The third-order valence-corrected chi connectivity index (χ3v) is 0.537. The third kappa shape index (κ3) is 5.37. The van der Waals surface area contributed by atoms with Gasteiger partial charge in [0.15, 0.2) is 0 Å². The molecule has 0 bridgehead atoms. The highest BCUT2D eigenvalue weighted by atomic mass is 16.1. The van der Waals surface area contributed by atoms with Crippen LogP contribution < -0.4 is 5.32 Å². The van der Waals surface area contributed by atoms with Crippen molar-refractivity contribution in [3.05, 3.63) is 12.2 Å². The highest BCUT2D eigenvalue weighted by Gasteiger charge is 1.64. The van der Waals surface area contributed by atoms with E-state index in [9.17, 15) is 4.79 Å². The summed E-state index contributed by atoms with van der Waals surface area (Å²) in [6.07, 6.45) is 3.99. The molecule has 0 saturated carbocycles. The largest absolute Gasteiger partial charge is 0.316 e. The summed E-state index contributed by atoms with van der Waals surface area (Å²) < 4.78 is 0. The first kappa shape index (κ1) is 6.37. The molecule has 40 valence electrons. The molecule has 0 atom stereocenters. The number of hydrogen-bond donors (Lipinski definition) is 1. The van der Waals surface area contributed by atoms with Crippen LogP contribution in [-0.2, 0) is 4.79 Å². The fourth-order valence-corrected chi connectivity index (χ4v) is 0.241. The lowest BCUT2D eigenvalue weighted by Gasteiger charge is -1.81. The minimum absolute atomic E-state index is 0.761. The number of rotatable bonds is 3. The lowest BCUT2D eigenvalue weighted by Crippen LogP contribution is -2.03. The molecule has 2 heteroatoms. The molecule has 2 nitrogen and oxygen atoms in total. The van der Waals surface area contributed by atoms with E-state index in [4.69, 9.17) is 0 Å². The van der Waals surface area contributed by atoms with Gasteiger partial charge in [-0.1, -0.05) is 6.08 Å². The Kier molecular flexibility index (Phi) is 4.89. The summed E-state index contributed by atoms with van der Waals surface area (Å²) in [4.78, 5) is 9.57. The maximum absolute atomic E-state index is 9.57. The predicted molar refractivity (Wildman–Crippen MR) is 29.1 cm³/mol. The number of likely N-dealkylation sites (N-methyl/N-ethyl adjacent to an activating group) is 1. The van der Waals surface area contributed by atoms with Crippen molar-refractivity contribution in [1.82, 2.24) is 5.32 Å². The number of hydrogen-bond acceptors (Lipinski definition) is 2. The van der Waals surface area contributed by atoms with Gasteiger partial charge in [0.25, 0.3) is 0 Å². The van der Waals surface area contributed by atoms with Crippen molar-refractivity contribution in [3.8, 4) is 0 Å². The van der Waals surface area contributed by atoms with Gasteiger partial charge in [-0.25, -0.2) is 0 Å². The average molecular weight is 99.1 g/mol. The van der Waals surface area contributed by atoms with Gasteiger partial charge in [-0.15, -0.1) is 0 Å². The van der Waals surface area contributed by atoms with Crippen molar-refractivity contribution in [2.75, 3.05) is 13.6 Å². The van der Waals surface area contributed by atoms with Crippen molar-refractivity contribution >= 4 is 6.29 Å². The summed E-state index contributed by atoms with van der Waals surface area (Å²) in [6.45, 7) is 0.763. The summed E-state index contributed by atoms with van der Waals surface area (Å²) in [5.41, 5.74) is 0. The molecule has 0 aromatic carbocycles. The molecule has 0 fully saturated rings. The SMILES string of the molecule is CNC/C=C/C=O. The zero-order valence-electron chi connectivity index (χ0n) is 4.35. The molecule has 0 aromatic rings. The van der Waals surface area contributed by atoms with Crippen LogP contribution >= 0.6 is 0 Å². The van der Waals surface area contributed by atoms with Crippen molar-refractivity contribution in [3.63, 3.8) is 0 Å². The first-order valence-electron chi connectivity index (χ1n) is 2.16. The van der Waals surface area contributed by atoms with E-state index in [1.165, 1.54) is 6.08 Å². The molecule has 0 aliphatic carbocycles. The van der Waals surface area contributed by atoms with E-state index in [1.807, 2.05) is 7.05 Å². The maximum atomic E-state index is 9.57. The lowest BCUT2D eigenvalue weighted by atomic mass is 10.5. The molecule has 0 rings (SSSR count). The second-order valence-electron chi connectivity index (χ2n) is 1.12. The normalized spacial score (nSPS) is 9.86. The van der Waals surface area contributed by atoms with Gasteiger partial charge in [0, 0.05) is 6.54 Å². The van der Waals surface area contributed by atoms with Crippen molar-refractivity contribution in [2.45, 2.75) is 0 Å². The van der Waals surface area contributed by atoms with Gasteiger partial charge in [-0.3, -0.25) is 4.79 Å². The molecule has 0 amide bonds. The summed E-state index contributed by atoms with van der Waals surface area (Å²) in [7, 11) is 1.83. The van der Waals surface area contributed by atoms with Crippen LogP contribution in [0, 0.1) is 0 Å². The molecule has 0 radical (unpaired) electrons. The highest BCUT2D eigenvalue weighted by Crippen LogP contribution is 1.60. The van der Waals surface area contributed by atoms with Gasteiger partial charge < -0.3 is 5.32 Å². The number of nitrogens with one attached hydrogen (secondary N) is 1. The molecule has 0 heterocycles. The smallest absolute Gasteiger partial charge is 0.142 e. The van der Waals surface area contributed by atoms with Crippen LogP contribution in [0.1, 0.15) is 0 Å². The topological polar surface area (TPSA) is 29.1 Å².